The minimum Gasteiger partial charge on any atom is -0.394 e. The Morgan fingerprint density at radius 1 is 1.32 bits per heavy atom. The molecular weight excluding hydrogens is 259 g/mol. The topological polar surface area (TPSA) is 49.3 Å². The summed E-state index contributed by atoms with van der Waals surface area (Å²) in [6.07, 6.45) is -3.78. The summed E-state index contributed by atoms with van der Waals surface area (Å²) in [5, 5.41) is 11.5. The lowest BCUT2D eigenvalue weighted by molar-refractivity contribution is -0.137. The molecule has 0 bridgehead atoms. The van der Waals surface area contributed by atoms with Crippen molar-refractivity contribution in [1.29, 1.82) is 0 Å². The number of rotatable bonds is 5. The highest BCUT2D eigenvalue weighted by Crippen LogP contribution is 2.29. The molecule has 0 aliphatic heterocycles. The van der Waals surface area contributed by atoms with Crippen molar-refractivity contribution in [2.75, 3.05) is 6.61 Å². The predicted molar refractivity (Wildman–Crippen MR) is 64.5 cm³/mol. The lowest BCUT2D eigenvalue weighted by Gasteiger charge is -2.14. The molecule has 6 heteroatoms. The smallest absolute Gasteiger partial charge is 0.394 e. The second-order valence-electron chi connectivity index (χ2n) is 4.23. The van der Waals surface area contributed by atoms with Crippen LogP contribution in [0.25, 0.3) is 0 Å². The van der Waals surface area contributed by atoms with Crippen molar-refractivity contribution in [2.45, 2.75) is 32.0 Å². The average molecular weight is 275 g/mol. The minimum atomic E-state index is -4.37. The first-order valence-electron chi connectivity index (χ1n) is 5.93. The van der Waals surface area contributed by atoms with E-state index in [1.165, 1.54) is 12.1 Å². The molecule has 1 aromatic carbocycles. The quantitative estimate of drug-likeness (QED) is 0.865. The molecule has 3 nitrogen and oxygen atoms in total. The van der Waals surface area contributed by atoms with E-state index in [0.717, 1.165) is 12.1 Å². The number of alkyl halides is 3. The molecule has 0 saturated carbocycles. The number of carbonyl (C=O) groups excluding carboxylic acids is 1. The van der Waals surface area contributed by atoms with Gasteiger partial charge in [0, 0.05) is 0 Å². The molecule has 0 spiro atoms. The van der Waals surface area contributed by atoms with Crippen molar-refractivity contribution < 1.29 is 23.1 Å². The Balaban J connectivity index is 2.61. The Kier molecular flexibility index (Phi) is 5.35. The van der Waals surface area contributed by atoms with Crippen LogP contribution in [0.3, 0.4) is 0 Å². The van der Waals surface area contributed by atoms with Crippen molar-refractivity contribution in [2.24, 2.45) is 0 Å². The molecular formula is C13H16F3NO2. The number of nitrogens with one attached hydrogen (secondary N) is 1. The largest absolute Gasteiger partial charge is 0.416 e. The summed E-state index contributed by atoms with van der Waals surface area (Å²) in [6, 6.07) is 4.14. The molecule has 19 heavy (non-hydrogen) atoms. The number of hydrogen-bond acceptors (Lipinski definition) is 2. The van der Waals surface area contributed by atoms with Gasteiger partial charge in [0.05, 0.1) is 24.6 Å². The molecule has 0 aliphatic carbocycles. The number of aliphatic hydroxyl groups is 1. The number of amides is 1. The maximum absolute atomic E-state index is 12.3. The van der Waals surface area contributed by atoms with Crippen LogP contribution in [0.15, 0.2) is 24.3 Å². The van der Waals surface area contributed by atoms with Gasteiger partial charge < -0.3 is 10.4 Å². The van der Waals surface area contributed by atoms with Gasteiger partial charge in [-0.25, -0.2) is 0 Å². The predicted octanol–water partition coefficient (Wildman–Crippen LogP) is 2.13. The highest BCUT2D eigenvalue weighted by atomic mass is 19.4. The van der Waals surface area contributed by atoms with Crippen molar-refractivity contribution >= 4 is 5.91 Å². The second kappa shape index (κ2) is 6.56. The fourth-order valence-electron chi connectivity index (χ4n) is 1.55. The summed E-state index contributed by atoms with van der Waals surface area (Å²) in [4.78, 5) is 11.6. The van der Waals surface area contributed by atoms with Crippen LogP contribution in [0.4, 0.5) is 13.2 Å². The maximum atomic E-state index is 12.3. The molecule has 0 aromatic heterocycles. The van der Waals surface area contributed by atoms with Crippen LogP contribution in [0, 0.1) is 0 Å². The lowest BCUT2D eigenvalue weighted by Crippen LogP contribution is -2.37. The van der Waals surface area contributed by atoms with Gasteiger partial charge in [0.1, 0.15) is 0 Å². The van der Waals surface area contributed by atoms with Crippen molar-refractivity contribution in [3.63, 3.8) is 0 Å². The Bertz CT molecular complexity index is 411. The summed E-state index contributed by atoms with van der Waals surface area (Å²) in [6.45, 7) is 1.66. The maximum Gasteiger partial charge on any atom is 0.416 e. The normalized spacial score (nSPS) is 13.1. The van der Waals surface area contributed by atoms with E-state index >= 15 is 0 Å². The second-order valence-corrected chi connectivity index (χ2v) is 4.23. The summed E-state index contributed by atoms with van der Waals surface area (Å²) >= 11 is 0. The van der Waals surface area contributed by atoms with Gasteiger partial charge in [-0.05, 0) is 24.1 Å². The molecule has 1 amide bonds. The van der Waals surface area contributed by atoms with Crippen LogP contribution in [0.5, 0.6) is 0 Å². The van der Waals surface area contributed by atoms with Gasteiger partial charge in [0.25, 0.3) is 0 Å². The van der Waals surface area contributed by atoms with Crippen LogP contribution in [0.1, 0.15) is 24.5 Å². The fourth-order valence-corrected chi connectivity index (χ4v) is 1.55. The number of carbonyl (C=O) groups is 1. The zero-order valence-electron chi connectivity index (χ0n) is 10.5. The molecule has 2 N–H and O–H groups in total. The third-order valence-electron chi connectivity index (χ3n) is 2.72. The minimum absolute atomic E-state index is 0.00532. The van der Waals surface area contributed by atoms with E-state index in [1.807, 2.05) is 6.92 Å². The van der Waals surface area contributed by atoms with E-state index in [9.17, 15) is 18.0 Å². The SMILES string of the molecule is CC[C@H](CO)NC(=O)Cc1ccc(C(F)(F)F)cc1. The molecule has 1 atom stereocenters. The highest BCUT2D eigenvalue weighted by molar-refractivity contribution is 5.78. The van der Waals surface area contributed by atoms with E-state index in [-0.39, 0.29) is 25.0 Å². The Morgan fingerprint density at radius 3 is 2.32 bits per heavy atom. The first kappa shape index (κ1) is 15.5. The molecule has 1 aromatic rings. The van der Waals surface area contributed by atoms with E-state index in [2.05, 4.69) is 5.32 Å². The van der Waals surface area contributed by atoms with Crippen LogP contribution < -0.4 is 5.32 Å². The van der Waals surface area contributed by atoms with Crippen LogP contribution in [-0.2, 0) is 17.4 Å². The van der Waals surface area contributed by atoms with Gasteiger partial charge in [-0.15, -0.1) is 0 Å². The van der Waals surface area contributed by atoms with Gasteiger partial charge in [-0.1, -0.05) is 19.1 Å². The Morgan fingerprint density at radius 2 is 1.89 bits per heavy atom. The number of benzene rings is 1. The Hall–Kier alpha value is -1.56. The van der Waals surface area contributed by atoms with E-state index in [1.54, 1.807) is 0 Å². The monoisotopic (exact) mass is 275 g/mol. The van der Waals surface area contributed by atoms with Crippen molar-refractivity contribution in [3.8, 4) is 0 Å². The summed E-state index contributed by atoms with van der Waals surface area (Å²) < 4.78 is 37.0. The summed E-state index contributed by atoms with van der Waals surface area (Å²) in [5.41, 5.74) is -0.239. The van der Waals surface area contributed by atoms with Crippen molar-refractivity contribution in [3.05, 3.63) is 35.4 Å². The van der Waals surface area contributed by atoms with Crippen LogP contribution in [0.2, 0.25) is 0 Å². The Labute approximate surface area is 109 Å². The summed E-state index contributed by atoms with van der Waals surface area (Å²) in [5.74, 6) is -0.319. The molecule has 0 aliphatic rings. The van der Waals surface area contributed by atoms with E-state index < -0.39 is 11.7 Å². The van der Waals surface area contributed by atoms with E-state index in [4.69, 9.17) is 5.11 Å². The van der Waals surface area contributed by atoms with Gasteiger partial charge in [-0.2, -0.15) is 13.2 Å². The molecule has 106 valence electrons. The zero-order valence-corrected chi connectivity index (χ0v) is 10.5. The van der Waals surface area contributed by atoms with Gasteiger partial charge >= 0.3 is 6.18 Å². The zero-order chi connectivity index (χ0) is 14.5. The molecule has 0 heterocycles. The molecule has 0 unspecified atom stereocenters. The van der Waals surface area contributed by atoms with Crippen LogP contribution >= 0.6 is 0 Å². The van der Waals surface area contributed by atoms with Gasteiger partial charge in [0.2, 0.25) is 5.91 Å². The number of hydrogen-bond donors (Lipinski definition) is 2. The van der Waals surface area contributed by atoms with Gasteiger partial charge in [0.15, 0.2) is 0 Å². The highest BCUT2D eigenvalue weighted by Gasteiger charge is 2.29. The lowest BCUT2D eigenvalue weighted by atomic mass is 10.1. The molecule has 0 saturated heterocycles. The summed E-state index contributed by atoms with van der Waals surface area (Å²) in [7, 11) is 0. The van der Waals surface area contributed by atoms with E-state index in [0.29, 0.717) is 12.0 Å². The third kappa shape index (κ3) is 4.90. The van der Waals surface area contributed by atoms with Crippen LogP contribution in [-0.4, -0.2) is 23.7 Å². The third-order valence-corrected chi connectivity index (χ3v) is 2.72. The number of aliphatic hydroxyl groups excluding tert-OH is 1. The van der Waals surface area contributed by atoms with Crippen molar-refractivity contribution in [1.82, 2.24) is 5.32 Å². The average Bonchev–Trinajstić information content (AvgIpc) is 2.35. The first-order chi connectivity index (χ1) is 8.86. The fraction of sp³-hybridized carbons (Fsp3) is 0.462. The molecule has 0 fully saturated rings. The standard InChI is InChI=1S/C13H16F3NO2/c1-2-11(8-18)17-12(19)7-9-3-5-10(6-4-9)13(14,15)16/h3-6,11,18H,2,7-8H2,1H3,(H,17,19)/t11-/m1/s1. The number of halogens is 3. The van der Waals surface area contributed by atoms with Gasteiger partial charge in [-0.3, -0.25) is 4.79 Å². The molecule has 1 rings (SSSR count). The molecule has 0 radical (unpaired) electrons. The first-order valence-corrected chi connectivity index (χ1v) is 5.93.